The van der Waals surface area contributed by atoms with Gasteiger partial charge in [0, 0.05) is 6.54 Å². The van der Waals surface area contributed by atoms with E-state index in [1.807, 2.05) is 0 Å². The summed E-state index contributed by atoms with van der Waals surface area (Å²) in [7, 11) is 1.36. The van der Waals surface area contributed by atoms with Gasteiger partial charge in [-0.1, -0.05) is 12.1 Å². The Labute approximate surface area is 120 Å². The molecule has 0 aliphatic heterocycles. The van der Waals surface area contributed by atoms with E-state index < -0.39 is 30.5 Å². The van der Waals surface area contributed by atoms with Crippen molar-refractivity contribution in [1.29, 1.82) is 0 Å². The van der Waals surface area contributed by atoms with Gasteiger partial charge in [-0.05, 0) is 17.7 Å². The Morgan fingerprint density at radius 1 is 1.05 bits per heavy atom. The molecule has 0 saturated carbocycles. The lowest BCUT2D eigenvalue weighted by Gasteiger charge is -2.27. The Bertz CT molecular complexity index is 525. The number of ether oxygens (including phenoxy) is 1. The van der Waals surface area contributed by atoms with Gasteiger partial charge < -0.3 is 10.1 Å². The summed E-state index contributed by atoms with van der Waals surface area (Å²) in [5.74, 6) is -14.7. The molecule has 22 heavy (non-hydrogen) atoms. The van der Waals surface area contributed by atoms with Gasteiger partial charge in [0.25, 0.3) is 5.91 Å². The second-order valence-corrected chi connectivity index (χ2v) is 4.18. The summed E-state index contributed by atoms with van der Waals surface area (Å²) in [6, 6.07) is 5.42. The highest BCUT2D eigenvalue weighted by molar-refractivity contribution is 5.84. The monoisotopic (exact) mass is 333 g/mol. The predicted molar refractivity (Wildman–Crippen MR) is 60.8 cm³/mol. The van der Waals surface area contributed by atoms with Crippen LogP contribution in [0.4, 0.5) is 30.7 Å². The van der Waals surface area contributed by atoms with Crippen LogP contribution in [0.25, 0.3) is 0 Å². The van der Waals surface area contributed by atoms with Gasteiger partial charge in [-0.25, -0.2) is 0 Å². The molecule has 0 unspecified atom stereocenters. The number of amides is 1. The molecular weight excluding hydrogens is 323 g/mol. The van der Waals surface area contributed by atoms with E-state index in [9.17, 15) is 35.5 Å². The van der Waals surface area contributed by atoms with Crippen LogP contribution in [0.5, 0.6) is 5.75 Å². The summed E-state index contributed by atoms with van der Waals surface area (Å²) < 4.78 is 91.8. The second-order valence-electron chi connectivity index (χ2n) is 4.18. The van der Waals surface area contributed by atoms with E-state index >= 15 is 0 Å². The van der Waals surface area contributed by atoms with E-state index in [2.05, 4.69) is 0 Å². The third-order valence-electron chi connectivity index (χ3n) is 2.65. The van der Waals surface area contributed by atoms with Gasteiger partial charge in [0.05, 0.1) is 7.11 Å². The minimum atomic E-state index is -6.55. The highest BCUT2D eigenvalue weighted by atomic mass is 19.4. The van der Waals surface area contributed by atoms with Gasteiger partial charge in [0.1, 0.15) is 5.75 Å². The molecule has 0 atom stereocenters. The maximum Gasteiger partial charge on any atom is 0.460 e. The van der Waals surface area contributed by atoms with Crippen LogP contribution in [0.1, 0.15) is 5.56 Å². The molecule has 0 aromatic heterocycles. The molecule has 1 rings (SSSR count). The highest BCUT2D eigenvalue weighted by Gasteiger charge is 2.76. The molecule has 0 bridgehead atoms. The first-order valence-electron chi connectivity index (χ1n) is 5.67. The van der Waals surface area contributed by atoms with E-state index in [0.717, 1.165) is 0 Å². The topological polar surface area (TPSA) is 38.3 Å². The lowest BCUT2D eigenvalue weighted by Crippen LogP contribution is -2.59. The molecular formula is C12H10F7NO2. The zero-order valence-corrected chi connectivity index (χ0v) is 11.0. The third-order valence-corrected chi connectivity index (χ3v) is 2.65. The number of hydrogen-bond acceptors (Lipinski definition) is 2. The Morgan fingerprint density at radius 2 is 1.55 bits per heavy atom. The predicted octanol–water partition coefficient (Wildman–Crippen LogP) is 3.14. The summed E-state index contributed by atoms with van der Waals surface area (Å²) in [5, 5.41) is 1.35. The fourth-order valence-corrected chi connectivity index (χ4v) is 1.36. The van der Waals surface area contributed by atoms with Crippen LogP contribution in [0, 0.1) is 0 Å². The molecule has 1 aromatic carbocycles. The van der Waals surface area contributed by atoms with Crippen LogP contribution in [-0.2, 0) is 11.3 Å². The molecule has 0 spiro atoms. The van der Waals surface area contributed by atoms with Crippen LogP contribution in [0.3, 0.4) is 0 Å². The molecule has 0 fully saturated rings. The smallest absolute Gasteiger partial charge is 0.460 e. The quantitative estimate of drug-likeness (QED) is 0.841. The number of alkyl halides is 7. The number of hydrogen-bond donors (Lipinski definition) is 1. The minimum absolute atomic E-state index is 0.209. The van der Waals surface area contributed by atoms with Crippen molar-refractivity contribution < 1.29 is 40.3 Å². The average Bonchev–Trinajstić information content (AvgIpc) is 2.43. The molecule has 1 aromatic rings. The number of halogens is 7. The zero-order valence-electron chi connectivity index (χ0n) is 11.0. The van der Waals surface area contributed by atoms with Crippen LogP contribution < -0.4 is 10.1 Å². The van der Waals surface area contributed by atoms with Gasteiger partial charge >= 0.3 is 18.0 Å². The largest absolute Gasteiger partial charge is 0.497 e. The zero-order chi connectivity index (χ0) is 17.2. The van der Waals surface area contributed by atoms with E-state index in [4.69, 9.17) is 4.74 Å². The number of carbonyl (C=O) groups is 1. The van der Waals surface area contributed by atoms with Gasteiger partial charge in [-0.3, -0.25) is 4.79 Å². The minimum Gasteiger partial charge on any atom is -0.497 e. The maximum atomic E-state index is 13.0. The fourth-order valence-electron chi connectivity index (χ4n) is 1.36. The molecule has 0 saturated heterocycles. The lowest BCUT2D eigenvalue weighted by molar-refractivity contribution is -0.344. The van der Waals surface area contributed by atoms with Crippen molar-refractivity contribution in [2.45, 2.75) is 24.6 Å². The molecule has 0 aliphatic rings. The van der Waals surface area contributed by atoms with Gasteiger partial charge in [-0.2, -0.15) is 30.7 Å². The molecule has 3 nitrogen and oxygen atoms in total. The maximum absolute atomic E-state index is 13.0. The number of nitrogens with one attached hydrogen (secondary N) is 1. The number of rotatable bonds is 5. The molecule has 124 valence electrons. The molecule has 0 radical (unpaired) electrons. The summed E-state index contributed by atoms with van der Waals surface area (Å²) in [6.45, 7) is -0.646. The van der Waals surface area contributed by atoms with Crippen LogP contribution >= 0.6 is 0 Å². The van der Waals surface area contributed by atoms with E-state index in [-0.39, 0.29) is 5.56 Å². The highest BCUT2D eigenvalue weighted by Crippen LogP contribution is 2.46. The van der Waals surface area contributed by atoms with Crippen molar-refractivity contribution in [3.63, 3.8) is 0 Å². The first-order chi connectivity index (χ1) is 9.93. The molecule has 1 N–H and O–H groups in total. The first kappa shape index (κ1) is 18.1. The Balaban J connectivity index is 2.78. The van der Waals surface area contributed by atoms with Gasteiger partial charge in [-0.15, -0.1) is 0 Å². The first-order valence-corrected chi connectivity index (χ1v) is 5.67. The van der Waals surface area contributed by atoms with Gasteiger partial charge in [0.15, 0.2) is 0 Å². The molecule has 1 amide bonds. The summed E-state index contributed by atoms with van der Waals surface area (Å²) >= 11 is 0. The van der Waals surface area contributed by atoms with Crippen molar-refractivity contribution in [3.8, 4) is 5.75 Å². The average molecular weight is 333 g/mol. The Hall–Kier alpha value is -2.00. The molecule has 0 aliphatic carbocycles. The van der Waals surface area contributed by atoms with Crippen molar-refractivity contribution in [2.75, 3.05) is 7.11 Å². The molecule has 0 heterocycles. The normalized spacial score (nSPS) is 12.9. The van der Waals surface area contributed by atoms with Crippen molar-refractivity contribution in [2.24, 2.45) is 0 Å². The second kappa shape index (κ2) is 6.01. The third kappa shape index (κ3) is 3.42. The van der Waals surface area contributed by atoms with E-state index in [1.54, 1.807) is 0 Å². The van der Waals surface area contributed by atoms with E-state index in [0.29, 0.717) is 5.75 Å². The van der Waals surface area contributed by atoms with Crippen LogP contribution in [0.15, 0.2) is 24.3 Å². The number of carbonyl (C=O) groups excluding carboxylic acids is 1. The van der Waals surface area contributed by atoms with Crippen molar-refractivity contribution >= 4 is 5.91 Å². The number of methoxy groups -OCH3 is 1. The van der Waals surface area contributed by atoms with Gasteiger partial charge in [0.2, 0.25) is 0 Å². The molecule has 10 heteroatoms. The van der Waals surface area contributed by atoms with Crippen LogP contribution in [-0.4, -0.2) is 31.0 Å². The van der Waals surface area contributed by atoms with Crippen molar-refractivity contribution in [3.05, 3.63) is 29.8 Å². The number of benzene rings is 1. The summed E-state index contributed by atoms with van der Waals surface area (Å²) in [6.07, 6.45) is -6.55. The lowest BCUT2D eigenvalue weighted by atomic mass is 10.1. The summed E-state index contributed by atoms with van der Waals surface area (Å²) in [5.41, 5.74) is 0.209. The standard InChI is InChI=1S/C12H10F7NO2/c1-22-8-4-2-7(3-5-8)6-20-9(21)10(13,14)11(15,16)12(17,18)19/h2-5H,6H2,1H3,(H,20,21). The Kier molecular flexibility index (Phi) is 4.93. The van der Waals surface area contributed by atoms with Crippen molar-refractivity contribution in [1.82, 2.24) is 5.32 Å². The van der Waals surface area contributed by atoms with Crippen LogP contribution in [0.2, 0.25) is 0 Å². The fraction of sp³-hybridized carbons (Fsp3) is 0.417. The summed E-state index contributed by atoms with van der Waals surface area (Å²) in [4.78, 5) is 11.0. The van der Waals surface area contributed by atoms with E-state index in [1.165, 1.54) is 36.7 Å². The SMILES string of the molecule is COc1ccc(CNC(=O)C(F)(F)C(F)(F)C(F)(F)F)cc1. The Morgan fingerprint density at radius 3 is 1.95 bits per heavy atom.